The fourth-order valence-corrected chi connectivity index (χ4v) is 1.69. The van der Waals surface area contributed by atoms with Gasteiger partial charge in [0.2, 0.25) is 5.91 Å². The van der Waals surface area contributed by atoms with E-state index in [1.165, 1.54) is 0 Å². The second-order valence-electron chi connectivity index (χ2n) is 4.71. The molecule has 4 N–H and O–H groups in total. The Balaban J connectivity index is 2.09. The largest absolute Gasteiger partial charge is 0.491 e. The van der Waals surface area contributed by atoms with Gasteiger partial charge >= 0.3 is 0 Å². The van der Waals surface area contributed by atoms with E-state index in [4.69, 9.17) is 16.2 Å². The van der Waals surface area contributed by atoms with Gasteiger partial charge in [-0.15, -0.1) is 0 Å². The Labute approximate surface area is 111 Å². The van der Waals surface area contributed by atoms with Crippen LogP contribution in [0.3, 0.4) is 0 Å². The number of nitrogens with zero attached hydrogens (tertiary/aromatic N) is 1. The second kappa shape index (κ2) is 5.24. The van der Waals surface area contributed by atoms with Crippen molar-refractivity contribution in [2.45, 2.75) is 18.9 Å². The van der Waals surface area contributed by atoms with Crippen LogP contribution >= 0.6 is 0 Å². The van der Waals surface area contributed by atoms with Crippen molar-refractivity contribution in [3.63, 3.8) is 0 Å². The van der Waals surface area contributed by atoms with Crippen LogP contribution in [0.15, 0.2) is 36.5 Å². The maximum atomic E-state index is 11.1. The van der Waals surface area contributed by atoms with Crippen LogP contribution in [-0.4, -0.2) is 23.0 Å². The Morgan fingerprint density at radius 2 is 2.11 bits per heavy atom. The minimum Gasteiger partial charge on any atom is -0.491 e. The molecular weight excluding hydrogens is 242 g/mol. The van der Waals surface area contributed by atoms with Crippen LogP contribution in [0.25, 0.3) is 10.9 Å². The Morgan fingerprint density at radius 3 is 2.84 bits per heavy atom. The van der Waals surface area contributed by atoms with Crippen LogP contribution in [0.4, 0.5) is 0 Å². The SMILES string of the molecule is CC(N)(CCOc1cccc2cccnc12)C(N)=O. The van der Waals surface area contributed by atoms with Gasteiger partial charge in [0.1, 0.15) is 11.3 Å². The van der Waals surface area contributed by atoms with Crippen LogP contribution in [-0.2, 0) is 4.79 Å². The summed E-state index contributed by atoms with van der Waals surface area (Å²) in [6.07, 6.45) is 2.07. The highest BCUT2D eigenvalue weighted by Gasteiger charge is 2.25. The molecule has 1 atom stereocenters. The summed E-state index contributed by atoms with van der Waals surface area (Å²) < 4.78 is 5.66. The lowest BCUT2D eigenvalue weighted by atomic mass is 9.99. The molecule has 0 aliphatic rings. The van der Waals surface area contributed by atoms with Gasteiger partial charge in [-0.1, -0.05) is 18.2 Å². The van der Waals surface area contributed by atoms with E-state index in [2.05, 4.69) is 4.98 Å². The minimum absolute atomic E-state index is 0.311. The average Bonchev–Trinajstić information content (AvgIpc) is 2.38. The molecule has 2 aromatic rings. The monoisotopic (exact) mass is 259 g/mol. The van der Waals surface area contributed by atoms with E-state index in [1.807, 2.05) is 30.3 Å². The lowest BCUT2D eigenvalue weighted by Crippen LogP contribution is -2.50. The number of ether oxygens (including phenoxy) is 1. The summed E-state index contributed by atoms with van der Waals surface area (Å²) in [6.45, 7) is 1.91. The molecule has 1 aromatic carbocycles. The highest BCUT2D eigenvalue weighted by molar-refractivity contribution is 5.84. The Morgan fingerprint density at radius 1 is 1.37 bits per heavy atom. The number of primary amides is 1. The van der Waals surface area contributed by atoms with Crippen LogP contribution in [0.1, 0.15) is 13.3 Å². The van der Waals surface area contributed by atoms with Crippen LogP contribution in [0, 0.1) is 0 Å². The molecule has 0 aliphatic heterocycles. The van der Waals surface area contributed by atoms with Gasteiger partial charge in [-0.25, -0.2) is 0 Å². The predicted octanol–water partition coefficient (Wildman–Crippen LogP) is 1.21. The van der Waals surface area contributed by atoms with E-state index in [0.717, 1.165) is 10.9 Å². The topological polar surface area (TPSA) is 91.2 Å². The van der Waals surface area contributed by atoms with Gasteiger partial charge in [-0.2, -0.15) is 0 Å². The zero-order valence-corrected chi connectivity index (χ0v) is 10.8. The van der Waals surface area contributed by atoms with Gasteiger partial charge in [-0.05, 0) is 19.1 Å². The van der Waals surface area contributed by atoms with Crippen molar-refractivity contribution in [1.29, 1.82) is 0 Å². The van der Waals surface area contributed by atoms with Gasteiger partial charge in [-0.3, -0.25) is 9.78 Å². The first-order valence-electron chi connectivity index (χ1n) is 6.06. The van der Waals surface area contributed by atoms with E-state index in [-0.39, 0.29) is 0 Å². The van der Waals surface area contributed by atoms with Crippen molar-refractivity contribution in [3.05, 3.63) is 36.5 Å². The molecule has 1 unspecified atom stereocenters. The number of benzene rings is 1. The van der Waals surface area contributed by atoms with Gasteiger partial charge in [0.15, 0.2) is 0 Å². The number of hydrogen-bond donors (Lipinski definition) is 2. The summed E-state index contributed by atoms with van der Waals surface area (Å²) in [5.41, 5.74) is 10.7. The molecule has 2 rings (SSSR count). The molecule has 19 heavy (non-hydrogen) atoms. The highest BCUT2D eigenvalue weighted by atomic mass is 16.5. The van der Waals surface area contributed by atoms with Crippen LogP contribution in [0.5, 0.6) is 5.75 Å². The molecule has 0 saturated carbocycles. The Hall–Kier alpha value is -2.14. The molecule has 1 heterocycles. The molecule has 1 amide bonds. The van der Waals surface area contributed by atoms with Crippen molar-refractivity contribution in [2.75, 3.05) is 6.61 Å². The number of nitrogens with two attached hydrogens (primary N) is 2. The zero-order chi connectivity index (χ0) is 13.9. The number of pyridine rings is 1. The van der Waals surface area contributed by atoms with E-state index in [0.29, 0.717) is 18.8 Å². The van der Waals surface area contributed by atoms with Crippen LogP contribution < -0.4 is 16.2 Å². The van der Waals surface area contributed by atoms with E-state index in [1.54, 1.807) is 13.1 Å². The molecule has 0 saturated heterocycles. The van der Waals surface area contributed by atoms with Crippen molar-refractivity contribution >= 4 is 16.8 Å². The predicted molar refractivity (Wildman–Crippen MR) is 73.6 cm³/mol. The number of carbonyl (C=O) groups excluding carboxylic acids is 1. The first-order valence-corrected chi connectivity index (χ1v) is 6.06. The first kappa shape index (κ1) is 13.3. The summed E-state index contributed by atoms with van der Waals surface area (Å²) >= 11 is 0. The fourth-order valence-electron chi connectivity index (χ4n) is 1.69. The normalized spacial score (nSPS) is 14.0. The zero-order valence-electron chi connectivity index (χ0n) is 10.8. The number of aromatic nitrogens is 1. The van der Waals surface area contributed by atoms with Crippen molar-refractivity contribution < 1.29 is 9.53 Å². The third kappa shape index (κ3) is 3.00. The number of hydrogen-bond acceptors (Lipinski definition) is 4. The Bertz CT molecular complexity index is 591. The number of fused-ring (bicyclic) bond motifs is 1. The van der Waals surface area contributed by atoms with Crippen molar-refractivity contribution in [3.8, 4) is 5.75 Å². The molecule has 1 aromatic heterocycles. The van der Waals surface area contributed by atoms with Gasteiger partial charge in [0.05, 0.1) is 12.1 Å². The number of carbonyl (C=O) groups is 1. The number of amides is 1. The molecule has 0 radical (unpaired) electrons. The Kier molecular flexibility index (Phi) is 3.66. The smallest absolute Gasteiger partial charge is 0.237 e. The van der Waals surface area contributed by atoms with Gasteiger partial charge < -0.3 is 16.2 Å². The minimum atomic E-state index is -1.06. The first-order chi connectivity index (χ1) is 9.00. The average molecular weight is 259 g/mol. The lowest BCUT2D eigenvalue weighted by Gasteiger charge is -2.20. The quantitative estimate of drug-likeness (QED) is 0.844. The molecule has 0 fully saturated rings. The molecule has 100 valence electrons. The van der Waals surface area contributed by atoms with Crippen molar-refractivity contribution in [1.82, 2.24) is 4.98 Å². The van der Waals surface area contributed by atoms with Gasteiger partial charge in [0.25, 0.3) is 0 Å². The second-order valence-corrected chi connectivity index (χ2v) is 4.71. The van der Waals surface area contributed by atoms with E-state index >= 15 is 0 Å². The third-order valence-corrected chi connectivity index (χ3v) is 3.04. The number of para-hydroxylation sites is 1. The number of rotatable bonds is 5. The fraction of sp³-hybridized carbons (Fsp3) is 0.286. The summed E-state index contributed by atoms with van der Waals surface area (Å²) in [5, 5.41) is 1.01. The summed E-state index contributed by atoms with van der Waals surface area (Å²) in [4.78, 5) is 15.4. The molecule has 0 bridgehead atoms. The molecule has 5 nitrogen and oxygen atoms in total. The summed E-state index contributed by atoms with van der Waals surface area (Å²) in [5.74, 6) is 0.144. The molecule has 0 aliphatic carbocycles. The summed E-state index contributed by atoms with van der Waals surface area (Å²) in [7, 11) is 0. The molecular formula is C14H17N3O2. The third-order valence-electron chi connectivity index (χ3n) is 3.04. The van der Waals surface area contributed by atoms with E-state index < -0.39 is 11.4 Å². The standard InChI is InChI=1S/C14H17N3O2/c1-14(16,13(15)18)7-9-19-11-6-2-4-10-5-3-8-17-12(10)11/h2-6,8H,7,9,16H2,1H3,(H2,15,18). The summed E-state index contributed by atoms with van der Waals surface area (Å²) in [6, 6.07) is 9.54. The highest BCUT2D eigenvalue weighted by Crippen LogP contribution is 2.23. The molecule has 0 spiro atoms. The van der Waals surface area contributed by atoms with E-state index in [9.17, 15) is 4.79 Å². The lowest BCUT2D eigenvalue weighted by molar-refractivity contribution is -0.123. The molecule has 5 heteroatoms. The van der Waals surface area contributed by atoms with Gasteiger partial charge in [0, 0.05) is 18.0 Å². The maximum absolute atomic E-state index is 11.1. The van der Waals surface area contributed by atoms with Crippen LogP contribution in [0.2, 0.25) is 0 Å². The van der Waals surface area contributed by atoms with Crippen molar-refractivity contribution in [2.24, 2.45) is 11.5 Å². The maximum Gasteiger partial charge on any atom is 0.237 e.